The third kappa shape index (κ3) is 10.3. The Bertz CT molecular complexity index is 3070. The second-order valence-corrected chi connectivity index (χ2v) is 16.9. The SMILES string of the molecule is Cc1ccc(NC(=O)C2(c3ccc4c(c3)OC(F)(F)O4)CC2)nc1-c1cccc(C(=O)O)c1.Cc1ccc(NC(=O)C2(c3ccc4c(c3)OC(F)(F)O4)CC2)nc1C.O=C(O)c1cccc(B(O)O)c1. The summed E-state index contributed by atoms with van der Waals surface area (Å²) in [6, 6.07) is 27.8. The summed E-state index contributed by atoms with van der Waals surface area (Å²) in [6.45, 7) is 5.65. The maximum Gasteiger partial charge on any atom is 0.586 e. The Labute approximate surface area is 396 Å². The summed E-state index contributed by atoms with van der Waals surface area (Å²) < 4.78 is 70.8. The molecule has 2 saturated carbocycles. The van der Waals surface area contributed by atoms with E-state index in [0.717, 1.165) is 16.8 Å². The zero-order chi connectivity index (χ0) is 50.3. The summed E-state index contributed by atoms with van der Waals surface area (Å²) in [5.74, 6) is -2.12. The molecule has 4 heterocycles. The average molecular weight is 965 g/mol. The number of halogens is 4. The summed E-state index contributed by atoms with van der Waals surface area (Å²) in [7, 11) is -1.62. The number of carboxylic acids is 2. The van der Waals surface area contributed by atoms with E-state index in [1.807, 2.05) is 26.8 Å². The zero-order valence-corrected chi connectivity index (χ0v) is 37.3. The number of hydrogen-bond acceptors (Lipinski definition) is 12. The van der Waals surface area contributed by atoms with Crippen molar-refractivity contribution in [3.05, 3.63) is 148 Å². The van der Waals surface area contributed by atoms with Crippen LogP contribution in [0.15, 0.2) is 109 Å². The Hall–Kier alpha value is -8.04. The van der Waals surface area contributed by atoms with E-state index in [1.54, 1.807) is 42.5 Å². The van der Waals surface area contributed by atoms with Gasteiger partial charge in [0.1, 0.15) is 11.6 Å². The Morgan fingerprint density at radius 2 is 1.01 bits per heavy atom. The molecule has 16 nitrogen and oxygen atoms in total. The van der Waals surface area contributed by atoms with Gasteiger partial charge >= 0.3 is 31.6 Å². The summed E-state index contributed by atoms with van der Waals surface area (Å²) in [4.78, 5) is 56.5. The van der Waals surface area contributed by atoms with E-state index in [0.29, 0.717) is 59.7 Å². The summed E-state index contributed by atoms with van der Waals surface area (Å²) in [6.07, 6.45) is -5.01. The molecule has 6 N–H and O–H groups in total. The van der Waals surface area contributed by atoms with Crippen LogP contribution in [-0.4, -0.2) is 73.7 Å². The molecule has 360 valence electrons. The van der Waals surface area contributed by atoms with Crippen molar-refractivity contribution in [2.75, 3.05) is 10.6 Å². The number of nitrogens with zero attached hydrogens (tertiary/aromatic N) is 2. The molecule has 0 radical (unpaired) electrons. The molecule has 0 saturated heterocycles. The van der Waals surface area contributed by atoms with Crippen molar-refractivity contribution in [1.29, 1.82) is 0 Å². The van der Waals surface area contributed by atoms with Crippen molar-refractivity contribution in [3.8, 4) is 34.3 Å². The normalized spacial score (nSPS) is 16.2. The van der Waals surface area contributed by atoms with Crippen LogP contribution in [0.25, 0.3) is 11.3 Å². The van der Waals surface area contributed by atoms with Crippen LogP contribution in [0, 0.1) is 20.8 Å². The van der Waals surface area contributed by atoms with Crippen LogP contribution in [0.4, 0.5) is 29.2 Å². The van der Waals surface area contributed by atoms with Crippen LogP contribution in [0.1, 0.15) is 74.3 Å². The molecule has 2 aliphatic carbocycles. The maximum absolute atomic E-state index is 13.3. The Balaban J connectivity index is 0.000000156. The molecule has 4 aromatic carbocycles. The molecule has 2 amide bonds. The largest absolute Gasteiger partial charge is 0.586 e. The van der Waals surface area contributed by atoms with Crippen molar-refractivity contribution in [3.63, 3.8) is 0 Å². The van der Waals surface area contributed by atoms with E-state index in [4.69, 9.17) is 15.2 Å². The number of aromatic nitrogens is 2. The fourth-order valence-electron chi connectivity index (χ4n) is 7.73. The topological polar surface area (TPSA) is 236 Å². The van der Waals surface area contributed by atoms with Gasteiger partial charge in [0.25, 0.3) is 0 Å². The first kappa shape index (κ1) is 48.4. The molecular weight excluding hydrogens is 923 g/mol. The highest BCUT2D eigenvalue weighted by atomic mass is 19.3. The maximum atomic E-state index is 13.3. The first-order valence-corrected chi connectivity index (χ1v) is 21.5. The highest BCUT2D eigenvalue weighted by Gasteiger charge is 2.54. The van der Waals surface area contributed by atoms with Gasteiger partial charge in [-0.05, 0) is 135 Å². The van der Waals surface area contributed by atoms with E-state index >= 15 is 0 Å². The van der Waals surface area contributed by atoms with Gasteiger partial charge in [0.2, 0.25) is 11.8 Å². The molecular formula is C49H41BF4N4O12. The van der Waals surface area contributed by atoms with E-state index in [-0.39, 0.29) is 51.4 Å². The number of alkyl halides is 4. The van der Waals surface area contributed by atoms with E-state index in [1.165, 1.54) is 60.7 Å². The minimum absolute atomic E-state index is 0.0271. The van der Waals surface area contributed by atoms with Crippen molar-refractivity contribution in [2.45, 2.75) is 69.9 Å². The van der Waals surface area contributed by atoms with Gasteiger partial charge < -0.3 is 49.8 Å². The second-order valence-electron chi connectivity index (χ2n) is 16.9. The quantitative estimate of drug-likeness (QED) is 0.0576. The summed E-state index contributed by atoms with van der Waals surface area (Å²) in [5.41, 5.74) is 3.78. The second kappa shape index (κ2) is 18.5. The van der Waals surface area contributed by atoms with Crippen LogP contribution in [0.3, 0.4) is 0 Å². The number of rotatable bonds is 10. The van der Waals surface area contributed by atoms with Gasteiger partial charge in [-0.15, -0.1) is 17.6 Å². The molecule has 2 fully saturated rings. The van der Waals surface area contributed by atoms with Crippen molar-refractivity contribution >= 4 is 48.0 Å². The van der Waals surface area contributed by atoms with Gasteiger partial charge in [0.05, 0.1) is 27.7 Å². The predicted molar refractivity (Wildman–Crippen MR) is 243 cm³/mol. The van der Waals surface area contributed by atoms with Gasteiger partial charge in [0.15, 0.2) is 23.0 Å². The highest BCUT2D eigenvalue weighted by molar-refractivity contribution is 6.58. The number of pyridine rings is 2. The molecule has 0 unspecified atom stereocenters. The van der Waals surface area contributed by atoms with E-state index in [2.05, 4.69) is 39.5 Å². The molecule has 0 bridgehead atoms. The molecule has 4 aliphatic rings. The Kier molecular flexibility index (Phi) is 12.8. The number of fused-ring (bicyclic) bond motifs is 2. The number of carbonyl (C=O) groups excluding carboxylic acids is 2. The Morgan fingerprint density at radius 1 is 0.557 bits per heavy atom. The summed E-state index contributed by atoms with van der Waals surface area (Å²) >= 11 is 0. The van der Waals surface area contributed by atoms with Gasteiger partial charge in [0, 0.05) is 11.3 Å². The Morgan fingerprint density at radius 3 is 1.49 bits per heavy atom. The number of amides is 2. The number of aryl methyl sites for hydroxylation is 3. The van der Waals surface area contributed by atoms with E-state index < -0.39 is 42.5 Å². The first-order chi connectivity index (χ1) is 33.1. The van der Waals surface area contributed by atoms with Gasteiger partial charge in [-0.2, -0.15) is 0 Å². The highest BCUT2D eigenvalue weighted by Crippen LogP contribution is 2.53. The van der Waals surface area contributed by atoms with E-state index in [9.17, 15) is 41.8 Å². The first-order valence-electron chi connectivity index (χ1n) is 21.5. The predicted octanol–water partition coefficient (Wildman–Crippen LogP) is 7.50. The van der Waals surface area contributed by atoms with Crippen LogP contribution in [0.5, 0.6) is 23.0 Å². The third-order valence-electron chi connectivity index (χ3n) is 12.0. The van der Waals surface area contributed by atoms with Crippen LogP contribution in [0.2, 0.25) is 0 Å². The van der Waals surface area contributed by atoms with Crippen LogP contribution in [-0.2, 0) is 20.4 Å². The molecule has 0 atom stereocenters. The van der Waals surface area contributed by atoms with Crippen molar-refractivity contribution in [1.82, 2.24) is 9.97 Å². The number of anilines is 2. The lowest BCUT2D eigenvalue weighted by Gasteiger charge is -2.17. The standard InChI is InChI=1S/C24H18F2N2O5.C18H16F2N2O3.C7H7BO4/c1-13-5-8-19(27-20(13)14-3-2-4-15(11-14)21(29)30)28-22(31)23(9-10-23)16-6-7-17-18(12-16)33-24(25,26)32-17;1-10-3-6-15(21-11(10)2)22-16(23)17(7-8-17)12-4-5-13-14(9-12)25-18(19,20)24-13;9-7(10)5-2-1-3-6(4-5)8(11)12/h2-8,11-12H,9-10H2,1H3,(H,29,30)(H,27,28,31);3-6,9H,7-8H2,1-2H3,(H,21,22,23);1-4,11-12H,(H,9,10). The van der Waals surface area contributed by atoms with Gasteiger partial charge in [-0.25, -0.2) is 19.6 Å². The number of carbonyl (C=O) groups is 4. The van der Waals surface area contributed by atoms with Gasteiger partial charge in [-0.1, -0.05) is 48.5 Å². The number of ether oxygens (including phenoxy) is 4. The lowest BCUT2D eigenvalue weighted by atomic mass is 9.80. The number of nitrogens with one attached hydrogen (secondary N) is 2. The number of aromatic carboxylic acids is 2. The number of benzene rings is 4. The average Bonchev–Trinajstić information content (AvgIpc) is 4.24. The lowest BCUT2D eigenvalue weighted by molar-refractivity contribution is -0.287. The summed E-state index contributed by atoms with van der Waals surface area (Å²) in [5, 5.41) is 40.8. The monoisotopic (exact) mass is 964 g/mol. The molecule has 6 aromatic rings. The van der Waals surface area contributed by atoms with Crippen molar-refractivity contribution in [2.24, 2.45) is 0 Å². The smallest absolute Gasteiger partial charge is 0.478 e. The molecule has 2 aromatic heterocycles. The number of hydrogen-bond donors (Lipinski definition) is 6. The fraction of sp³-hybridized carbons (Fsp3) is 0.224. The molecule has 2 aliphatic heterocycles. The third-order valence-corrected chi connectivity index (χ3v) is 12.0. The van der Waals surface area contributed by atoms with Crippen LogP contribution >= 0.6 is 0 Å². The molecule has 70 heavy (non-hydrogen) atoms. The minimum Gasteiger partial charge on any atom is -0.478 e. The molecule has 0 spiro atoms. The minimum atomic E-state index is -3.72. The van der Waals surface area contributed by atoms with Gasteiger partial charge in [-0.3, -0.25) is 9.59 Å². The molecule has 10 rings (SSSR count). The number of carboxylic acid groups (broad SMARTS) is 2. The lowest BCUT2D eigenvalue weighted by Crippen LogP contribution is -2.30. The van der Waals surface area contributed by atoms with Crippen molar-refractivity contribution < 1.29 is 75.9 Å². The fourth-order valence-corrected chi connectivity index (χ4v) is 7.73. The molecule has 21 heteroatoms. The zero-order valence-electron chi connectivity index (χ0n) is 37.3. The van der Waals surface area contributed by atoms with Crippen LogP contribution < -0.4 is 35.0 Å².